The fraction of sp³-hybridized carbons (Fsp3) is 0.360. The van der Waals surface area contributed by atoms with Crippen LogP contribution in [0.25, 0.3) is 0 Å². The number of nitrogens with one attached hydrogen (secondary N) is 1. The van der Waals surface area contributed by atoms with Crippen LogP contribution in [0.15, 0.2) is 29.2 Å². The fourth-order valence-corrected chi connectivity index (χ4v) is 3.99. The van der Waals surface area contributed by atoms with E-state index in [0.717, 1.165) is 18.3 Å². The van der Waals surface area contributed by atoms with Gasteiger partial charge < -0.3 is 43.9 Å². The zero-order valence-electron chi connectivity index (χ0n) is 22.8. The molecule has 45 heavy (non-hydrogen) atoms. The van der Waals surface area contributed by atoms with Gasteiger partial charge >= 0.3 is 24.3 Å². The Morgan fingerprint density at radius 1 is 1.11 bits per heavy atom. The van der Waals surface area contributed by atoms with Gasteiger partial charge in [0.2, 0.25) is 18.0 Å². The molecule has 3 heterocycles. The van der Waals surface area contributed by atoms with Crippen LogP contribution >= 0.6 is 0 Å². The molecule has 0 saturated carbocycles. The van der Waals surface area contributed by atoms with Gasteiger partial charge in [0.1, 0.15) is 17.2 Å². The summed E-state index contributed by atoms with van der Waals surface area (Å²) in [5, 5.41) is 18.0. The Bertz CT molecular complexity index is 1560. The van der Waals surface area contributed by atoms with Crippen LogP contribution in [0, 0.1) is 11.6 Å². The SMILES string of the molecule is C[C@H]1CO[C@@H]2Cn3cc(C(=O)NCc4ccc(F)cc4F)c(=O)c(OCOC(=O)OCC(=O)O)c3C(=O)N12.O=C(O)C(F)(F)F. The molecule has 0 spiro atoms. The van der Waals surface area contributed by atoms with Crippen LogP contribution in [0.2, 0.25) is 0 Å². The maximum absolute atomic E-state index is 14.0. The maximum atomic E-state index is 14.0. The highest BCUT2D eigenvalue weighted by Crippen LogP contribution is 2.30. The molecule has 20 heteroatoms. The highest BCUT2D eigenvalue weighted by atomic mass is 19.4. The summed E-state index contributed by atoms with van der Waals surface area (Å²) in [5.41, 5.74) is -1.78. The summed E-state index contributed by atoms with van der Waals surface area (Å²) in [6.45, 7) is -0.291. The lowest BCUT2D eigenvalue weighted by Crippen LogP contribution is -2.49. The first kappa shape index (κ1) is 34.2. The number of rotatable bonds is 8. The zero-order chi connectivity index (χ0) is 33.6. The number of pyridine rings is 1. The number of ether oxygens (including phenoxy) is 4. The zero-order valence-corrected chi connectivity index (χ0v) is 22.8. The molecule has 2 amide bonds. The third-order valence-electron chi connectivity index (χ3n) is 5.98. The predicted octanol–water partition coefficient (Wildman–Crippen LogP) is 1.46. The van der Waals surface area contributed by atoms with Crippen molar-refractivity contribution in [1.29, 1.82) is 0 Å². The molecular formula is C25H22F5N3O12. The van der Waals surface area contributed by atoms with Crippen LogP contribution in [0.3, 0.4) is 0 Å². The van der Waals surface area contributed by atoms with E-state index >= 15 is 0 Å². The Hall–Kier alpha value is -5.27. The molecule has 1 aromatic heterocycles. The second-order valence-corrected chi connectivity index (χ2v) is 9.11. The van der Waals surface area contributed by atoms with Crippen molar-refractivity contribution < 1.29 is 75.1 Å². The molecule has 4 rings (SSSR count). The number of aromatic nitrogens is 1. The van der Waals surface area contributed by atoms with E-state index in [4.69, 9.17) is 24.5 Å². The third-order valence-corrected chi connectivity index (χ3v) is 5.98. The van der Waals surface area contributed by atoms with Crippen LogP contribution in [0.4, 0.5) is 26.7 Å². The van der Waals surface area contributed by atoms with E-state index in [1.807, 2.05) is 0 Å². The van der Waals surface area contributed by atoms with E-state index in [-0.39, 0.29) is 37.0 Å². The van der Waals surface area contributed by atoms with Gasteiger partial charge in [0.25, 0.3) is 11.8 Å². The van der Waals surface area contributed by atoms with Gasteiger partial charge in [-0.15, -0.1) is 0 Å². The van der Waals surface area contributed by atoms with Gasteiger partial charge in [0.15, 0.2) is 18.5 Å². The average Bonchev–Trinajstić information content (AvgIpc) is 3.32. The molecule has 244 valence electrons. The minimum absolute atomic E-state index is 0.0381. The largest absolute Gasteiger partial charge is 0.511 e. The van der Waals surface area contributed by atoms with Crippen LogP contribution in [-0.4, -0.2) is 88.0 Å². The summed E-state index contributed by atoms with van der Waals surface area (Å²) in [6, 6.07) is 2.46. The molecule has 2 aliphatic rings. The molecule has 1 aromatic carbocycles. The van der Waals surface area contributed by atoms with E-state index in [1.165, 1.54) is 9.47 Å². The lowest BCUT2D eigenvalue weighted by molar-refractivity contribution is -0.192. The van der Waals surface area contributed by atoms with Gasteiger partial charge in [-0.3, -0.25) is 14.4 Å². The molecule has 2 aliphatic heterocycles. The number of carbonyl (C=O) groups excluding carboxylic acids is 3. The summed E-state index contributed by atoms with van der Waals surface area (Å²) >= 11 is 0. The molecule has 1 saturated heterocycles. The van der Waals surface area contributed by atoms with Crippen molar-refractivity contribution in [2.75, 3.05) is 20.0 Å². The minimum atomic E-state index is -5.08. The first-order valence-electron chi connectivity index (χ1n) is 12.4. The van der Waals surface area contributed by atoms with Crippen molar-refractivity contribution in [2.45, 2.75) is 38.5 Å². The van der Waals surface area contributed by atoms with E-state index < -0.39 is 84.1 Å². The summed E-state index contributed by atoms with van der Waals surface area (Å²) in [4.78, 5) is 71.7. The van der Waals surface area contributed by atoms with Crippen molar-refractivity contribution in [3.05, 3.63) is 63.1 Å². The number of hydrogen-bond acceptors (Lipinski definition) is 10. The molecule has 3 N–H and O–H groups in total. The number of benzene rings is 1. The van der Waals surface area contributed by atoms with Crippen LogP contribution in [0.1, 0.15) is 33.3 Å². The minimum Gasteiger partial charge on any atom is -0.479 e. The lowest BCUT2D eigenvalue weighted by Gasteiger charge is -2.34. The molecular weight excluding hydrogens is 629 g/mol. The Morgan fingerprint density at radius 2 is 1.78 bits per heavy atom. The number of alkyl halides is 3. The summed E-state index contributed by atoms with van der Waals surface area (Å²) in [7, 11) is 0. The first-order chi connectivity index (χ1) is 21.0. The smallest absolute Gasteiger partial charge is 0.479 e. The van der Waals surface area contributed by atoms with Gasteiger partial charge in [0.05, 0.1) is 19.2 Å². The molecule has 1 fully saturated rings. The monoisotopic (exact) mass is 651 g/mol. The molecule has 0 bridgehead atoms. The summed E-state index contributed by atoms with van der Waals surface area (Å²) < 4.78 is 79.9. The quantitative estimate of drug-likeness (QED) is 0.211. The molecule has 2 aromatic rings. The van der Waals surface area contributed by atoms with E-state index in [1.54, 1.807) is 6.92 Å². The van der Waals surface area contributed by atoms with Gasteiger partial charge in [0, 0.05) is 24.4 Å². The molecule has 15 nitrogen and oxygen atoms in total. The molecule has 0 radical (unpaired) electrons. The Balaban J connectivity index is 0.000000707. The number of carboxylic acids is 2. The van der Waals surface area contributed by atoms with Crippen LogP contribution in [-0.2, 0) is 36.9 Å². The molecule has 2 atom stereocenters. The Morgan fingerprint density at radius 3 is 2.38 bits per heavy atom. The second kappa shape index (κ2) is 14.0. The van der Waals surface area contributed by atoms with E-state index in [0.29, 0.717) is 6.07 Å². The average molecular weight is 651 g/mol. The highest BCUT2D eigenvalue weighted by Gasteiger charge is 2.43. The Labute approximate surface area is 247 Å². The number of fused-ring (bicyclic) bond motifs is 2. The maximum Gasteiger partial charge on any atom is 0.511 e. The van der Waals surface area contributed by atoms with Gasteiger partial charge in [-0.2, -0.15) is 13.2 Å². The van der Waals surface area contributed by atoms with E-state index in [9.17, 15) is 45.9 Å². The van der Waals surface area contributed by atoms with Crippen LogP contribution < -0.4 is 15.5 Å². The topological polar surface area (TPSA) is 200 Å². The summed E-state index contributed by atoms with van der Waals surface area (Å²) in [6.07, 6.45) is -6.04. The fourth-order valence-electron chi connectivity index (χ4n) is 3.99. The van der Waals surface area contributed by atoms with Crippen molar-refractivity contribution >= 4 is 29.9 Å². The predicted molar refractivity (Wildman–Crippen MR) is 133 cm³/mol. The number of carbonyl (C=O) groups is 5. The third kappa shape index (κ3) is 8.43. The van der Waals surface area contributed by atoms with E-state index in [2.05, 4.69) is 14.8 Å². The van der Waals surface area contributed by atoms with Gasteiger partial charge in [-0.05, 0) is 13.0 Å². The number of carboxylic acid groups (broad SMARTS) is 2. The van der Waals surface area contributed by atoms with Crippen molar-refractivity contribution in [3.63, 3.8) is 0 Å². The highest BCUT2D eigenvalue weighted by molar-refractivity contribution is 5.99. The number of nitrogens with zero attached hydrogens (tertiary/aromatic N) is 2. The number of amides is 2. The normalized spacial score (nSPS) is 16.8. The molecule has 0 unspecified atom stereocenters. The second-order valence-electron chi connectivity index (χ2n) is 9.11. The van der Waals surface area contributed by atoms with Crippen LogP contribution in [0.5, 0.6) is 5.75 Å². The van der Waals surface area contributed by atoms with Crippen molar-refractivity contribution in [3.8, 4) is 5.75 Å². The number of aliphatic carboxylic acids is 2. The van der Waals surface area contributed by atoms with Gasteiger partial charge in [-0.25, -0.2) is 23.2 Å². The Kier molecular flexibility index (Phi) is 10.7. The van der Waals surface area contributed by atoms with Crippen molar-refractivity contribution in [2.24, 2.45) is 0 Å². The van der Waals surface area contributed by atoms with Gasteiger partial charge in [-0.1, -0.05) is 6.07 Å². The number of halogens is 5. The molecule has 0 aliphatic carbocycles. The lowest BCUT2D eigenvalue weighted by atomic mass is 10.1. The standard InChI is InChI=1S/C23H21F2N3O10.C2HF3O2/c1-11-8-35-16-7-27-6-14(21(32)26-5-12-2-3-13(24)4-15(12)25)19(31)20(18(27)22(33)28(11)16)37-10-38-23(34)36-9-17(29)30;3-2(4,5)1(6)7/h2-4,6,11,16H,5,7-10H2,1H3,(H,26,32)(H,29,30);(H,6,7)/t11-,16+;/m0./s1. The first-order valence-corrected chi connectivity index (χ1v) is 12.4. The summed E-state index contributed by atoms with van der Waals surface area (Å²) in [5.74, 6) is -8.09. The number of hydrogen-bond donors (Lipinski definition) is 3. The van der Waals surface area contributed by atoms with Crippen molar-refractivity contribution in [1.82, 2.24) is 14.8 Å².